The monoisotopic (exact) mass is 448 g/mol. The minimum absolute atomic E-state index is 0.0213. The van der Waals surface area contributed by atoms with E-state index in [1.54, 1.807) is 18.2 Å². The summed E-state index contributed by atoms with van der Waals surface area (Å²) in [5, 5.41) is 7.97. The number of nitrogens with one attached hydrogen (secondary N) is 1. The SMILES string of the molecule is C=CCn1nc(C(=O)N2CCCC2)c2c1CCC(NCc1ccccc1OC(F)(F)F)C2. The molecule has 2 heterocycles. The summed E-state index contributed by atoms with van der Waals surface area (Å²) in [6, 6.07) is 6.16. The van der Waals surface area contributed by atoms with Crippen molar-refractivity contribution in [1.29, 1.82) is 0 Å². The summed E-state index contributed by atoms with van der Waals surface area (Å²) in [4.78, 5) is 14.9. The lowest BCUT2D eigenvalue weighted by atomic mass is 9.91. The summed E-state index contributed by atoms with van der Waals surface area (Å²) in [7, 11) is 0. The number of aromatic nitrogens is 2. The van der Waals surface area contributed by atoms with E-state index in [4.69, 9.17) is 0 Å². The average molecular weight is 448 g/mol. The predicted molar refractivity (Wildman–Crippen MR) is 113 cm³/mol. The number of nitrogens with zero attached hydrogens (tertiary/aromatic N) is 3. The highest BCUT2D eigenvalue weighted by atomic mass is 19.4. The summed E-state index contributed by atoms with van der Waals surface area (Å²) >= 11 is 0. The molecule has 1 aliphatic heterocycles. The van der Waals surface area contributed by atoms with Crippen molar-refractivity contribution in [2.24, 2.45) is 0 Å². The molecule has 1 aromatic heterocycles. The van der Waals surface area contributed by atoms with E-state index in [1.807, 2.05) is 9.58 Å². The Hall–Kier alpha value is -2.81. The van der Waals surface area contributed by atoms with Crippen LogP contribution in [0.1, 0.15) is 46.6 Å². The standard InChI is InChI=1S/C23H27F3N4O2/c1-2-11-30-19-10-9-17(14-18(19)21(28-30)22(31)29-12-5-6-13-29)27-15-16-7-3-4-8-20(16)32-23(24,25)26/h2-4,7-8,17,27H,1,5-6,9-15H2. The van der Waals surface area contributed by atoms with Gasteiger partial charge in [-0.15, -0.1) is 19.8 Å². The van der Waals surface area contributed by atoms with E-state index in [2.05, 4.69) is 21.7 Å². The third kappa shape index (κ3) is 4.98. The highest BCUT2D eigenvalue weighted by Crippen LogP contribution is 2.29. The van der Waals surface area contributed by atoms with Crippen LogP contribution in [0.25, 0.3) is 0 Å². The number of benzene rings is 1. The van der Waals surface area contributed by atoms with Crippen molar-refractivity contribution < 1.29 is 22.7 Å². The highest BCUT2D eigenvalue weighted by molar-refractivity contribution is 5.94. The number of carbonyl (C=O) groups excluding carboxylic acids is 1. The van der Waals surface area contributed by atoms with Crippen molar-refractivity contribution >= 4 is 5.91 Å². The molecule has 9 heteroatoms. The van der Waals surface area contributed by atoms with Crippen LogP contribution in [0.15, 0.2) is 36.9 Å². The first kappa shape index (κ1) is 22.4. The molecule has 1 saturated heterocycles. The number of halogens is 3. The maximum absolute atomic E-state index is 13.1. The molecule has 1 atom stereocenters. The van der Waals surface area contributed by atoms with Crippen LogP contribution >= 0.6 is 0 Å². The number of ether oxygens (including phenoxy) is 1. The number of likely N-dealkylation sites (tertiary alicyclic amines) is 1. The van der Waals surface area contributed by atoms with E-state index in [1.165, 1.54) is 12.1 Å². The lowest BCUT2D eigenvalue weighted by Crippen LogP contribution is -2.36. The van der Waals surface area contributed by atoms with Crippen LogP contribution in [0, 0.1) is 0 Å². The van der Waals surface area contributed by atoms with E-state index in [0.29, 0.717) is 24.2 Å². The zero-order valence-corrected chi connectivity index (χ0v) is 17.8. The molecule has 2 aromatic rings. The molecular weight excluding hydrogens is 421 g/mol. The summed E-state index contributed by atoms with van der Waals surface area (Å²) in [5.41, 5.74) is 2.92. The predicted octanol–water partition coefficient (Wildman–Crippen LogP) is 3.85. The molecule has 0 bridgehead atoms. The van der Waals surface area contributed by atoms with Crippen LogP contribution in [0.3, 0.4) is 0 Å². The lowest BCUT2D eigenvalue weighted by Gasteiger charge is -2.25. The second-order valence-corrected chi connectivity index (χ2v) is 8.22. The molecule has 2 aliphatic rings. The van der Waals surface area contributed by atoms with Crippen LogP contribution in [0.4, 0.5) is 13.2 Å². The zero-order valence-electron chi connectivity index (χ0n) is 17.8. The van der Waals surface area contributed by atoms with Crippen LogP contribution < -0.4 is 10.1 Å². The van der Waals surface area contributed by atoms with Crippen molar-refractivity contribution in [1.82, 2.24) is 20.0 Å². The first-order valence-electron chi connectivity index (χ1n) is 10.9. The van der Waals surface area contributed by atoms with E-state index in [-0.39, 0.29) is 24.2 Å². The molecule has 6 nitrogen and oxygen atoms in total. The minimum atomic E-state index is -4.74. The Morgan fingerprint density at radius 3 is 2.75 bits per heavy atom. The summed E-state index contributed by atoms with van der Waals surface area (Å²) in [6.07, 6.45) is 1.18. The Balaban J connectivity index is 1.50. The molecule has 1 aromatic carbocycles. The molecule has 0 spiro atoms. The summed E-state index contributed by atoms with van der Waals surface area (Å²) < 4.78 is 44.1. The van der Waals surface area contributed by atoms with E-state index >= 15 is 0 Å². The molecule has 1 N–H and O–H groups in total. The summed E-state index contributed by atoms with van der Waals surface area (Å²) in [6.45, 7) is 6.06. The molecule has 4 rings (SSSR count). The first-order chi connectivity index (χ1) is 15.4. The fourth-order valence-corrected chi connectivity index (χ4v) is 4.51. The topological polar surface area (TPSA) is 59.4 Å². The van der Waals surface area contributed by atoms with Crippen LogP contribution in [-0.2, 0) is 25.9 Å². The minimum Gasteiger partial charge on any atom is -0.405 e. The highest BCUT2D eigenvalue weighted by Gasteiger charge is 2.33. The average Bonchev–Trinajstić information content (AvgIpc) is 3.40. The van der Waals surface area contributed by atoms with Gasteiger partial charge in [-0.05, 0) is 38.2 Å². The van der Waals surface area contributed by atoms with Gasteiger partial charge in [-0.3, -0.25) is 9.48 Å². The molecule has 172 valence electrons. The van der Waals surface area contributed by atoms with Gasteiger partial charge in [-0.1, -0.05) is 24.3 Å². The fourth-order valence-electron chi connectivity index (χ4n) is 4.51. The van der Waals surface area contributed by atoms with E-state index in [0.717, 1.165) is 50.0 Å². The van der Waals surface area contributed by atoms with Gasteiger partial charge >= 0.3 is 6.36 Å². The van der Waals surface area contributed by atoms with Crippen molar-refractivity contribution in [3.63, 3.8) is 0 Å². The number of rotatable bonds is 7. The number of allylic oxidation sites excluding steroid dienone is 1. The quantitative estimate of drug-likeness (QED) is 0.654. The van der Waals surface area contributed by atoms with Crippen molar-refractivity contribution in [2.75, 3.05) is 13.1 Å². The van der Waals surface area contributed by atoms with Crippen LogP contribution in [-0.4, -0.2) is 46.1 Å². The first-order valence-corrected chi connectivity index (χ1v) is 10.9. The maximum atomic E-state index is 13.1. The van der Waals surface area contributed by atoms with Crippen molar-refractivity contribution in [3.8, 4) is 5.75 Å². The second kappa shape index (κ2) is 9.36. The Labute approximate surface area is 185 Å². The third-order valence-corrected chi connectivity index (χ3v) is 6.02. The molecule has 32 heavy (non-hydrogen) atoms. The number of fused-ring (bicyclic) bond motifs is 1. The van der Waals surface area contributed by atoms with Gasteiger partial charge in [0.05, 0.1) is 6.54 Å². The number of hydrogen-bond acceptors (Lipinski definition) is 4. The van der Waals surface area contributed by atoms with Gasteiger partial charge in [0.1, 0.15) is 5.75 Å². The number of amides is 1. The molecule has 1 aliphatic carbocycles. The fraction of sp³-hybridized carbons (Fsp3) is 0.478. The normalized spacial score (nSPS) is 18.5. The van der Waals surface area contributed by atoms with Crippen LogP contribution in [0.2, 0.25) is 0 Å². The largest absolute Gasteiger partial charge is 0.573 e. The van der Waals surface area contributed by atoms with Gasteiger partial charge in [0.2, 0.25) is 0 Å². The van der Waals surface area contributed by atoms with Gasteiger partial charge in [0.15, 0.2) is 5.69 Å². The van der Waals surface area contributed by atoms with E-state index in [9.17, 15) is 18.0 Å². The Kier molecular flexibility index (Phi) is 6.55. The maximum Gasteiger partial charge on any atom is 0.573 e. The van der Waals surface area contributed by atoms with Gasteiger partial charge in [-0.25, -0.2) is 0 Å². The lowest BCUT2D eigenvalue weighted by molar-refractivity contribution is -0.274. The third-order valence-electron chi connectivity index (χ3n) is 6.02. The molecule has 0 radical (unpaired) electrons. The summed E-state index contributed by atoms with van der Waals surface area (Å²) in [5.74, 6) is -0.237. The van der Waals surface area contributed by atoms with Gasteiger partial charge in [-0.2, -0.15) is 5.10 Å². The molecule has 0 saturated carbocycles. The molecular formula is C23H27F3N4O2. The molecule has 1 unspecified atom stereocenters. The number of alkyl halides is 3. The van der Waals surface area contributed by atoms with Crippen LogP contribution in [0.5, 0.6) is 5.75 Å². The van der Waals surface area contributed by atoms with Crippen molar-refractivity contribution in [2.45, 2.75) is 57.6 Å². The Bertz CT molecular complexity index is 980. The van der Waals surface area contributed by atoms with Crippen molar-refractivity contribution in [3.05, 3.63) is 59.4 Å². The zero-order chi connectivity index (χ0) is 22.7. The molecule has 1 amide bonds. The van der Waals surface area contributed by atoms with Gasteiger partial charge in [0, 0.05) is 42.5 Å². The second-order valence-electron chi connectivity index (χ2n) is 8.22. The number of hydrogen-bond donors (Lipinski definition) is 1. The van der Waals surface area contributed by atoms with Gasteiger partial charge < -0.3 is 15.0 Å². The Morgan fingerprint density at radius 1 is 1.28 bits per heavy atom. The van der Waals surface area contributed by atoms with Gasteiger partial charge in [0.25, 0.3) is 5.91 Å². The smallest absolute Gasteiger partial charge is 0.405 e. The van der Waals surface area contributed by atoms with E-state index < -0.39 is 6.36 Å². The number of para-hydroxylation sites is 1. The number of carbonyl (C=O) groups is 1. The molecule has 1 fully saturated rings. The Morgan fingerprint density at radius 2 is 2.03 bits per heavy atom.